The van der Waals surface area contributed by atoms with Crippen molar-refractivity contribution in [3.8, 4) is 0 Å². The summed E-state index contributed by atoms with van der Waals surface area (Å²) in [4.78, 5) is 0. The van der Waals surface area contributed by atoms with Crippen LogP contribution in [0.15, 0.2) is 164 Å². The Kier molecular flexibility index (Phi) is 9.66. The SMILES string of the molecule is CC[C@H](O)[C@@H](/C=C/COC(c1ccccc1)(c1ccccc1)c1ccccc1)P(=O)(c1ccccc1)c1ccccc1. The van der Waals surface area contributed by atoms with Crippen LogP contribution in [0.4, 0.5) is 0 Å². The largest absolute Gasteiger partial charge is 0.392 e. The van der Waals surface area contributed by atoms with E-state index in [0.717, 1.165) is 27.3 Å². The molecule has 1 N–H and O–H groups in total. The Morgan fingerprint density at radius 1 is 0.643 bits per heavy atom. The molecule has 4 heteroatoms. The molecule has 0 amide bonds. The molecule has 42 heavy (non-hydrogen) atoms. The molecule has 2 atom stereocenters. The fourth-order valence-corrected chi connectivity index (χ4v) is 8.94. The lowest BCUT2D eigenvalue weighted by molar-refractivity contribution is 0.0318. The average molecular weight is 573 g/mol. The van der Waals surface area contributed by atoms with Crippen LogP contribution in [0.5, 0.6) is 0 Å². The summed E-state index contributed by atoms with van der Waals surface area (Å²) in [7, 11) is -3.25. The van der Waals surface area contributed by atoms with Crippen molar-refractivity contribution in [3.05, 3.63) is 181 Å². The van der Waals surface area contributed by atoms with Gasteiger partial charge in [0.15, 0.2) is 7.14 Å². The quantitative estimate of drug-likeness (QED) is 0.0947. The zero-order valence-corrected chi connectivity index (χ0v) is 24.8. The van der Waals surface area contributed by atoms with E-state index in [1.54, 1.807) is 0 Å². The third-order valence-electron chi connectivity index (χ3n) is 7.78. The topological polar surface area (TPSA) is 46.5 Å². The van der Waals surface area contributed by atoms with Gasteiger partial charge in [-0.2, -0.15) is 0 Å². The summed E-state index contributed by atoms with van der Waals surface area (Å²) in [6.07, 6.45) is 3.50. The van der Waals surface area contributed by atoms with Crippen molar-refractivity contribution in [2.75, 3.05) is 6.61 Å². The fraction of sp³-hybridized carbons (Fsp3) is 0.158. The maximum Gasteiger partial charge on any atom is 0.152 e. The fourth-order valence-electron chi connectivity index (χ4n) is 5.66. The van der Waals surface area contributed by atoms with Crippen molar-refractivity contribution in [2.24, 2.45) is 0 Å². The molecule has 0 aliphatic rings. The minimum atomic E-state index is -3.25. The second-order valence-electron chi connectivity index (χ2n) is 10.3. The molecule has 0 radical (unpaired) electrons. The van der Waals surface area contributed by atoms with Gasteiger partial charge in [-0.1, -0.05) is 171 Å². The van der Waals surface area contributed by atoms with Crippen LogP contribution < -0.4 is 10.6 Å². The van der Waals surface area contributed by atoms with Crippen LogP contribution >= 0.6 is 7.14 Å². The van der Waals surface area contributed by atoms with Crippen molar-refractivity contribution in [2.45, 2.75) is 30.7 Å². The molecule has 0 saturated heterocycles. The Morgan fingerprint density at radius 2 is 1.00 bits per heavy atom. The zero-order chi connectivity index (χ0) is 29.3. The third-order valence-corrected chi connectivity index (χ3v) is 11.3. The lowest BCUT2D eigenvalue weighted by Gasteiger charge is -2.35. The Hall–Kier alpha value is -4.01. The summed E-state index contributed by atoms with van der Waals surface area (Å²) in [6, 6.07) is 49.8. The van der Waals surface area contributed by atoms with Gasteiger partial charge in [-0.3, -0.25) is 0 Å². The molecule has 0 fully saturated rings. The Labute approximate surface area is 249 Å². The second kappa shape index (κ2) is 13.8. The third kappa shape index (κ3) is 5.96. The summed E-state index contributed by atoms with van der Waals surface area (Å²) in [5, 5.41) is 12.8. The minimum absolute atomic E-state index is 0.245. The molecule has 212 valence electrons. The van der Waals surface area contributed by atoms with Crippen LogP contribution in [0.3, 0.4) is 0 Å². The number of benzene rings is 5. The molecule has 0 saturated carbocycles. The van der Waals surface area contributed by atoms with Crippen LogP contribution in [-0.4, -0.2) is 23.5 Å². The number of rotatable bonds is 12. The zero-order valence-electron chi connectivity index (χ0n) is 23.9. The van der Waals surface area contributed by atoms with Gasteiger partial charge in [0.05, 0.1) is 18.4 Å². The highest BCUT2D eigenvalue weighted by Gasteiger charge is 2.40. The molecule has 5 rings (SSSR count). The smallest absolute Gasteiger partial charge is 0.152 e. The molecule has 0 unspecified atom stereocenters. The van der Waals surface area contributed by atoms with E-state index in [2.05, 4.69) is 36.4 Å². The van der Waals surface area contributed by atoms with E-state index in [0.29, 0.717) is 6.42 Å². The van der Waals surface area contributed by atoms with E-state index in [1.165, 1.54) is 0 Å². The van der Waals surface area contributed by atoms with Crippen molar-refractivity contribution >= 4 is 17.8 Å². The molecule has 0 heterocycles. The monoisotopic (exact) mass is 572 g/mol. The first-order chi connectivity index (χ1) is 20.6. The summed E-state index contributed by atoms with van der Waals surface area (Å²) >= 11 is 0. The summed E-state index contributed by atoms with van der Waals surface area (Å²) < 4.78 is 22.0. The highest BCUT2D eigenvalue weighted by Crippen LogP contribution is 2.51. The first-order valence-corrected chi connectivity index (χ1v) is 16.2. The first kappa shape index (κ1) is 29.5. The van der Waals surface area contributed by atoms with Gasteiger partial charge < -0.3 is 14.4 Å². The van der Waals surface area contributed by atoms with Crippen molar-refractivity contribution in [1.82, 2.24) is 0 Å². The highest BCUT2D eigenvalue weighted by atomic mass is 31.2. The number of aliphatic hydroxyl groups excluding tert-OH is 1. The Balaban J connectivity index is 1.56. The predicted molar refractivity (Wildman–Crippen MR) is 174 cm³/mol. The van der Waals surface area contributed by atoms with E-state index < -0.39 is 24.5 Å². The molecule has 0 aliphatic heterocycles. The van der Waals surface area contributed by atoms with Crippen molar-refractivity contribution in [1.29, 1.82) is 0 Å². The molecule has 0 bridgehead atoms. The van der Waals surface area contributed by atoms with Gasteiger partial charge >= 0.3 is 0 Å². The van der Waals surface area contributed by atoms with Gasteiger partial charge in [0.1, 0.15) is 5.60 Å². The van der Waals surface area contributed by atoms with Gasteiger partial charge in [-0.05, 0) is 23.1 Å². The molecule has 0 aliphatic carbocycles. The average Bonchev–Trinajstić information content (AvgIpc) is 3.08. The van der Waals surface area contributed by atoms with Gasteiger partial charge in [0, 0.05) is 10.6 Å². The number of hydrogen-bond donors (Lipinski definition) is 1. The standard InChI is InChI=1S/C38H37O3P/c1-2-36(39)37(42(40,34-25-14-6-15-26-34)35-27-16-7-17-28-35)29-18-30-41-38(31-19-8-3-9-20-31,32-21-10-4-11-22-32)33-23-12-5-13-24-33/h3-29,36-37,39H,2,30H2,1H3/b29-18+/t36-,37+/m0/s1. The molecular weight excluding hydrogens is 535 g/mol. The van der Waals surface area contributed by atoms with E-state index in [-0.39, 0.29) is 6.61 Å². The molecule has 5 aromatic carbocycles. The lowest BCUT2D eigenvalue weighted by atomic mass is 9.80. The molecular formula is C38H37O3P. The second-order valence-corrected chi connectivity index (χ2v) is 13.3. The highest BCUT2D eigenvalue weighted by molar-refractivity contribution is 7.79. The van der Waals surface area contributed by atoms with Gasteiger partial charge in [0.2, 0.25) is 0 Å². The maximum absolute atomic E-state index is 15.1. The summed E-state index contributed by atoms with van der Waals surface area (Å²) in [5.74, 6) is 0. The maximum atomic E-state index is 15.1. The number of ether oxygens (including phenoxy) is 1. The molecule has 0 spiro atoms. The van der Waals surface area contributed by atoms with Crippen LogP contribution in [0.25, 0.3) is 0 Å². The number of aliphatic hydroxyl groups is 1. The van der Waals surface area contributed by atoms with Crippen LogP contribution in [0.1, 0.15) is 30.0 Å². The first-order valence-electron chi connectivity index (χ1n) is 14.5. The lowest BCUT2D eigenvalue weighted by Crippen LogP contribution is -2.34. The van der Waals surface area contributed by atoms with E-state index in [1.807, 2.05) is 134 Å². The van der Waals surface area contributed by atoms with Crippen LogP contribution in [0.2, 0.25) is 0 Å². The van der Waals surface area contributed by atoms with Gasteiger partial charge in [-0.25, -0.2) is 0 Å². The summed E-state index contributed by atoms with van der Waals surface area (Å²) in [6.45, 7) is 2.17. The normalized spacial score (nSPS) is 13.6. The molecule has 0 aromatic heterocycles. The van der Waals surface area contributed by atoms with E-state index in [4.69, 9.17) is 4.74 Å². The Bertz CT molecular complexity index is 1450. The van der Waals surface area contributed by atoms with Gasteiger partial charge in [-0.15, -0.1) is 0 Å². The van der Waals surface area contributed by atoms with Crippen molar-refractivity contribution < 1.29 is 14.4 Å². The van der Waals surface area contributed by atoms with E-state index >= 15 is 4.57 Å². The predicted octanol–water partition coefficient (Wildman–Crippen LogP) is 7.70. The van der Waals surface area contributed by atoms with Crippen LogP contribution in [0, 0.1) is 0 Å². The molecule has 3 nitrogen and oxygen atoms in total. The van der Waals surface area contributed by atoms with Gasteiger partial charge in [0.25, 0.3) is 0 Å². The molecule has 5 aromatic rings. The summed E-state index contributed by atoms with van der Waals surface area (Å²) in [5.41, 5.74) is 1.56. The minimum Gasteiger partial charge on any atom is -0.392 e. The van der Waals surface area contributed by atoms with Crippen molar-refractivity contribution in [3.63, 3.8) is 0 Å². The van der Waals surface area contributed by atoms with Crippen LogP contribution in [-0.2, 0) is 14.9 Å². The Morgan fingerprint density at radius 3 is 1.36 bits per heavy atom. The van der Waals surface area contributed by atoms with E-state index in [9.17, 15) is 5.11 Å². The number of hydrogen-bond acceptors (Lipinski definition) is 3.